The molecule has 0 nitrogen and oxygen atoms in total. The van der Waals surface area contributed by atoms with Crippen LogP contribution in [-0.2, 0) is 0 Å². The Balaban J connectivity index is -0.000000111. The minimum atomic E-state index is 1.36. The molecule has 21 heavy (non-hydrogen) atoms. The van der Waals surface area contributed by atoms with Gasteiger partial charge in [0.05, 0.1) is 0 Å². The maximum atomic E-state index is 4.47. The van der Waals surface area contributed by atoms with Gasteiger partial charge in [0.1, 0.15) is 0 Å². The number of rotatable bonds is 11. The standard InChI is InChI=1S/C9H20.C8H18.C2H6.BI/c1-3-5-7-9-8-6-4-2;1-3-5-7-8-6-4-2;2*1-2/h3-9H2,1-2H3;3-8H2,1-2H3;1-2H3;. The highest BCUT2D eigenvalue weighted by Gasteiger charge is 1.86. The van der Waals surface area contributed by atoms with Crippen molar-refractivity contribution in [2.24, 2.45) is 0 Å². The Morgan fingerprint density at radius 3 is 0.714 bits per heavy atom. The first-order valence-corrected chi connectivity index (χ1v) is 10.8. The molecule has 0 saturated carbocycles. The van der Waals surface area contributed by atoms with Gasteiger partial charge in [0, 0.05) is 0 Å². The molecule has 130 valence electrons. The van der Waals surface area contributed by atoms with Gasteiger partial charge in [-0.15, -0.1) is 0 Å². The molecule has 0 amide bonds. The van der Waals surface area contributed by atoms with Crippen LogP contribution in [0.25, 0.3) is 0 Å². The van der Waals surface area contributed by atoms with E-state index in [2.05, 4.69) is 33.4 Å². The Hall–Kier alpha value is 0.795. The van der Waals surface area contributed by atoms with Crippen LogP contribution >= 0.6 is 22.4 Å². The number of unbranched alkanes of at least 4 members (excludes halogenated alkanes) is 11. The van der Waals surface area contributed by atoms with Gasteiger partial charge in [-0.25, -0.2) is 0 Å². The Morgan fingerprint density at radius 2 is 0.571 bits per heavy atom. The molecule has 0 fully saturated rings. The zero-order valence-corrected chi connectivity index (χ0v) is 18.3. The highest BCUT2D eigenvalue weighted by Crippen LogP contribution is 2.05. The average molecular weight is 410 g/mol. The summed E-state index contributed by atoms with van der Waals surface area (Å²) in [5, 5.41) is 0. The van der Waals surface area contributed by atoms with Crippen molar-refractivity contribution in [3.05, 3.63) is 0 Å². The van der Waals surface area contributed by atoms with E-state index in [0.29, 0.717) is 0 Å². The molecular weight excluding hydrogens is 366 g/mol. The zero-order chi connectivity index (χ0) is 17.2. The number of halogens is 1. The third-order valence-corrected chi connectivity index (χ3v) is 3.16. The van der Waals surface area contributed by atoms with Crippen molar-refractivity contribution in [3.8, 4) is 0 Å². The largest absolute Gasteiger partial charge is 0.169 e. The summed E-state index contributed by atoms with van der Waals surface area (Å²) in [5.41, 5.74) is 4.47. The molecule has 0 saturated heterocycles. The van der Waals surface area contributed by atoms with Crippen LogP contribution in [0.3, 0.4) is 0 Å². The van der Waals surface area contributed by atoms with Gasteiger partial charge in [0.2, 0.25) is 0 Å². The average Bonchev–Trinajstić information content (AvgIpc) is 2.56. The quantitative estimate of drug-likeness (QED) is 0.182. The van der Waals surface area contributed by atoms with Gasteiger partial charge in [-0.1, -0.05) is 125 Å². The van der Waals surface area contributed by atoms with Gasteiger partial charge in [0.25, 0.3) is 0 Å². The third kappa shape index (κ3) is 52.8. The maximum absolute atomic E-state index is 4.47. The zero-order valence-electron chi connectivity index (χ0n) is 16.1. The van der Waals surface area contributed by atoms with E-state index in [1.165, 1.54) is 83.5 Å². The van der Waals surface area contributed by atoms with Crippen molar-refractivity contribution in [3.63, 3.8) is 0 Å². The van der Waals surface area contributed by atoms with E-state index in [9.17, 15) is 0 Å². The normalized spacial score (nSPS) is 8.52. The second-order valence-electron chi connectivity index (χ2n) is 5.18. The lowest BCUT2D eigenvalue weighted by atomic mass is 10.1. The Kier molecular flexibility index (Phi) is 60.7. The van der Waals surface area contributed by atoms with Crippen LogP contribution < -0.4 is 0 Å². The molecule has 0 aromatic rings. The molecule has 0 rings (SSSR count). The van der Waals surface area contributed by atoms with E-state index >= 15 is 0 Å². The van der Waals surface area contributed by atoms with E-state index in [-0.39, 0.29) is 0 Å². The second kappa shape index (κ2) is 42.8. The first-order chi connectivity index (χ1) is 10.3. The van der Waals surface area contributed by atoms with Crippen LogP contribution in [0, 0.1) is 0 Å². The van der Waals surface area contributed by atoms with Crippen molar-refractivity contribution in [2.45, 2.75) is 125 Å². The van der Waals surface area contributed by atoms with Crippen LogP contribution in [-0.4, -0.2) is 5.70 Å². The van der Waals surface area contributed by atoms with E-state index in [1.54, 1.807) is 22.4 Å². The fourth-order valence-electron chi connectivity index (χ4n) is 1.88. The maximum Gasteiger partial charge on any atom is 0.169 e. The van der Waals surface area contributed by atoms with Crippen molar-refractivity contribution >= 4 is 28.1 Å². The smallest absolute Gasteiger partial charge is 0.169 e. The van der Waals surface area contributed by atoms with Crippen LogP contribution in [0.2, 0.25) is 0 Å². The van der Waals surface area contributed by atoms with Gasteiger partial charge < -0.3 is 0 Å². The van der Waals surface area contributed by atoms with Crippen molar-refractivity contribution in [1.82, 2.24) is 0 Å². The van der Waals surface area contributed by atoms with Crippen LogP contribution in [0.5, 0.6) is 0 Å². The topological polar surface area (TPSA) is 0 Å². The minimum absolute atomic E-state index is 1.36. The molecule has 0 aliphatic rings. The summed E-state index contributed by atoms with van der Waals surface area (Å²) in [6, 6.07) is 0. The predicted molar refractivity (Wildman–Crippen MR) is 114 cm³/mol. The molecule has 0 aromatic heterocycles. The van der Waals surface area contributed by atoms with Gasteiger partial charge >= 0.3 is 0 Å². The molecule has 2 heteroatoms. The minimum Gasteiger partial charge on any atom is -0.169 e. The van der Waals surface area contributed by atoms with Crippen molar-refractivity contribution in [2.75, 3.05) is 0 Å². The Bertz CT molecular complexity index is 95.7. The van der Waals surface area contributed by atoms with Crippen LogP contribution in [0.1, 0.15) is 125 Å². The lowest BCUT2D eigenvalue weighted by molar-refractivity contribution is 0.602. The molecule has 0 aromatic carbocycles. The molecular formula is C19H44BI. The van der Waals surface area contributed by atoms with Gasteiger partial charge in [-0.05, 0) is 0 Å². The molecule has 0 heterocycles. The first-order valence-electron chi connectivity index (χ1n) is 9.55. The fourth-order valence-corrected chi connectivity index (χ4v) is 1.88. The SMILES string of the molecule is CC.CCCCCCCC.CCCCCCCCC.[B]I. The molecule has 0 unspecified atom stereocenters. The Labute approximate surface area is 152 Å². The molecule has 2 radical (unpaired) electrons. The van der Waals surface area contributed by atoms with E-state index < -0.39 is 0 Å². The van der Waals surface area contributed by atoms with Crippen LogP contribution in [0.15, 0.2) is 0 Å². The van der Waals surface area contributed by atoms with E-state index in [1.807, 2.05) is 13.8 Å². The van der Waals surface area contributed by atoms with Crippen LogP contribution in [0.4, 0.5) is 0 Å². The highest BCUT2D eigenvalue weighted by atomic mass is 127. The summed E-state index contributed by atoms with van der Waals surface area (Å²) >= 11 is 1.65. The summed E-state index contributed by atoms with van der Waals surface area (Å²) in [7, 11) is 0. The van der Waals surface area contributed by atoms with Gasteiger partial charge in [-0.3, -0.25) is 0 Å². The predicted octanol–water partition coefficient (Wildman–Crippen LogP) is 8.65. The lowest BCUT2D eigenvalue weighted by Crippen LogP contribution is -1.76. The number of hydrogen-bond donors (Lipinski definition) is 0. The summed E-state index contributed by atoms with van der Waals surface area (Å²) in [6.07, 6.45) is 18.5. The molecule has 0 aliphatic heterocycles. The molecule has 0 N–H and O–H groups in total. The number of hydrogen-bond acceptors (Lipinski definition) is 0. The highest BCUT2D eigenvalue weighted by molar-refractivity contribution is 14.1. The van der Waals surface area contributed by atoms with Crippen molar-refractivity contribution < 1.29 is 0 Å². The third-order valence-electron chi connectivity index (χ3n) is 3.16. The summed E-state index contributed by atoms with van der Waals surface area (Å²) in [6.45, 7) is 13.0. The monoisotopic (exact) mass is 410 g/mol. The summed E-state index contributed by atoms with van der Waals surface area (Å²) < 4.78 is 0. The van der Waals surface area contributed by atoms with Crippen molar-refractivity contribution in [1.29, 1.82) is 0 Å². The fraction of sp³-hybridized carbons (Fsp3) is 1.00. The summed E-state index contributed by atoms with van der Waals surface area (Å²) in [4.78, 5) is 0. The van der Waals surface area contributed by atoms with Gasteiger partial charge in [0.15, 0.2) is 5.70 Å². The second-order valence-corrected chi connectivity index (χ2v) is 5.18. The molecule has 0 aliphatic carbocycles. The summed E-state index contributed by atoms with van der Waals surface area (Å²) in [5.74, 6) is 0. The molecule has 0 atom stereocenters. The van der Waals surface area contributed by atoms with E-state index in [4.69, 9.17) is 0 Å². The molecule has 0 bridgehead atoms. The Morgan fingerprint density at radius 1 is 0.429 bits per heavy atom. The molecule has 0 spiro atoms. The lowest BCUT2D eigenvalue weighted by Gasteiger charge is -1.96. The van der Waals surface area contributed by atoms with Gasteiger partial charge in [-0.2, -0.15) is 22.4 Å². The van der Waals surface area contributed by atoms with E-state index in [0.717, 1.165) is 0 Å². The first kappa shape index (κ1) is 29.8.